The Hall–Kier alpha value is -1.13. The van der Waals surface area contributed by atoms with Crippen molar-refractivity contribution < 1.29 is 14.2 Å². The van der Waals surface area contributed by atoms with Gasteiger partial charge in [0.05, 0.1) is 12.7 Å². The molecule has 1 aliphatic heterocycles. The Labute approximate surface area is 125 Å². The topological polar surface area (TPSA) is 32.7 Å². The SMILES string of the molecule is COc1ccc(CN2CC[C@@]3(O)CCCC[C@H]3C2)c(F)c1. The number of piperidine rings is 1. The zero-order chi connectivity index (χ0) is 14.9. The number of halogens is 1. The third-order valence-corrected chi connectivity index (χ3v) is 5.17. The maximum atomic E-state index is 14.0. The van der Waals surface area contributed by atoms with Crippen LogP contribution in [0.15, 0.2) is 18.2 Å². The summed E-state index contributed by atoms with van der Waals surface area (Å²) in [6.45, 7) is 2.34. The van der Waals surface area contributed by atoms with E-state index in [-0.39, 0.29) is 5.82 Å². The van der Waals surface area contributed by atoms with Gasteiger partial charge in [-0.3, -0.25) is 4.90 Å². The highest BCUT2D eigenvalue weighted by molar-refractivity contribution is 5.28. The van der Waals surface area contributed by atoms with Gasteiger partial charge < -0.3 is 9.84 Å². The molecule has 2 atom stereocenters. The Kier molecular flexibility index (Phi) is 4.18. The minimum Gasteiger partial charge on any atom is -0.497 e. The monoisotopic (exact) mass is 293 g/mol. The van der Waals surface area contributed by atoms with Crippen LogP contribution in [-0.4, -0.2) is 35.8 Å². The van der Waals surface area contributed by atoms with Gasteiger partial charge in [-0.25, -0.2) is 4.39 Å². The van der Waals surface area contributed by atoms with E-state index < -0.39 is 5.60 Å². The molecule has 21 heavy (non-hydrogen) atoms. The van der Waals surface area contributed by atoms with Crippen molar-refractivity contribution in [2.75, 3.05) is 20.2 Å². The van der Waals surface area contributed by atoms with Crippen LogP contribution in [0.1, 0.15) is 37.7 Å². The summed E-state index contributed by atoms with van der Waals surface area (Å²) >= 11 is 0. The molecule has 1 N–H and O–H groups in total. The fourth-order valence-electron chi connectivity index (χ4n) is 3.81. The van der Waals surface area contributed by atoms with Gasteiger partial charge in [-0.2, -0.15) is 0 Å². The summed E-state index contributed by atoms with van der Waals surface area (Å²) < 4.78 is 19.1. The number of rotatable bonds is 3. The van der Waals surface area contributed by atoms with Gasteiger partial charge in [0, 0.05) is 37.2 Å². The molecule has 1 aromatic rings. The first-order chi connectivity index (χ1) is 10.1. The predicted molar refractivity (Wildman–Crippen MR) is 79.8 cm³/mol. The van der Waals surface area contributed by atoms with Crippen molar-refractivity contribution in [1.29, 1.82) is 0 Å². The highest BCUT2D eigenvalue weighted by Crippen LogP contribution is 2.40. The van der Waals surface area contributed by atoms with Crippen LogP contribution in [0.4, 0.5) is 4.39 Å². The van der Waals surface area contributed by atoms with Gasteiger partial charge in [0.15, 0.2) is 0 Å². The average molecular weight is 293 g/mol. The quantitative estimate of drug-likeness (QED) is 0.930. The number of hydrogen-bond donors (Lipinski definition) is 1. The average Bonchev–Trinajstić information content (AvgIpc) is 2.49. The molecule has 0 radical (unpaired) electrons. The lowest BCUT2D eigenvalue weighted by atomic mass is 9.71. The highest BCUT2D eigenvalue weighted by atomic mass is 19.1. The van der Waals surface area contributed by atoms with Gasteiger partial charge in [0.25, 0.3) is 0 Å². The van der Waals surface area contributed by atoms with E-state index in [0.717, 1.165) is 38.8 Å². The van der Waals surface area contributed by atoms with E-state index in [1.54, 1.807) is 19.2 Å². The van der Waals surface area contributed by atoms with Gasteiger partial charge >= 0.3 is 0 Å². The van der Waals surface area contributed by atoms with Crippen molar-refractivity contribution in [1.82, 2.24) is 4.90 Å². The maximum absolute atomic E-state index is 14.0. The summed E-state index contributed by atoms with van der Waals surface area (Å²) in [6, 6.07) is 5.05. The number of methoxy groups -OCH3 is 1. The number of likely N-dealkylation sites (tertiary alicyclic amines) is 1. The minimum atomic E-state index is -0.465. The first kappa shape index (κ1) is 14.8. The second-order valence-electron chi connectivity index (χ2n) is 6.49. The summed E-state index contributed by atoms with van der Waals surface area (Å²) in [5.41, 5.74) is 0.241. The van der Waals surface area contributed by atoms with E-state index in [0.29, 0.717) is 23.8 Å². The van der Waals surface area contributed by atoms with E-state index >= 15 is 0 Å². The van der Waals surface area contributed by atoms with Crippen LogP contribution in [-0.2, 0) is 6.54 Å². The molecule has 1 heterocycles. The fraction of sp³-hybridized carbons (Fsp3) is 0.647. The zero-order valence-electron chi connectivity index (χ0n) is 12.6. The number of benzene rings is 1. The normalized spacial score (nSPS) is 30.0. The fourth-order valence-corrected chi connectivity index (χ4v) is 3.81. The molecule has 2 fully saturated rings. The summed E-state index contributed by atoms with van der Waals surface area (Å²) in [5, 5.41) is 10.7. The van der Waals surface area contributed by atoms with Gasteiger partial charge in [-0.05, 0) is 25.3 Å². The number of fused-ring (bicyclic) bond motifs is 1. The molecular weight excluding hydrogens is 269 g/mol. The first-order valence-electron chi connectivity index (χ1n) is 7.88. The third kappa shape index (κ3) is 3.06. The standard InChI is InChI=1S/C17H24FNO2/c1-21-15-6-5-13(16(18)10-15)11-19-9-8-17(20)7-3-2-4-14(17)12-19/h5-6,10,14,20H,2-4,7-9,11-12H2,1H3/t14-,17-/m0/s1. The lowest BCUT2D eigenvalue weighted by Gasteiger charge is -2.47. The molecule has 3 nitrogen and oxygen atoms in total. The summed E-state index contributed by atoms with van der Waals surface area (Å²) in [7, 11) is 1.54. The molecule has 1 saturated carbocycles. The van der Waals surface area contributed by atoms with E-state index in [9.17, 15) is 9.50 Å². The third-order valence-electron chi connectivity index (χ3n) is 5.17. The van der Waals surface area contributed by atoms with Gasteiger partial charge in [0.2, 0.25) is 0 Å². The van der Waals surface area contributed by atoms with Crippen molar-refractivity contribution in [3.63, 3.8) is 0 Å². The van der Waals surface area contributed by atoms with Crippen LogP contribution < -0.4 is 4.74 Å². The van der Waals surface area contributed by atoms with E-state index in [1.807, 2.05) is 0 Å². The van der Waals surface area contributed by atoms with E-state index in [1.165, 1.54) is 12.5 Å². The van der Waals surface area contributed by atoms with Crippen molar-refractivity contribution in [2.45, 2.75) is 44.2 Å². The Balaban J connectivity index is 1.66. The number of aliphatic hydroxyl groups is 1. The molecule has 0 amide bonds. The molecule has 1 aromatic carbocycles. The molecule has 116 valence electrons. The van der Waals surface area contributed by atoms with Crippen molar-refractivity contribution >= 4 is 0 Å². The lowest BCUT2D eigenvalue weighted by molar-refractivity contribution is -0.0968. The molecule has 0 unspecified atom stereocenters. The Bertz CT molecular complexity index is 508. The smallest absolute Gasteiger partial charge is 0.131 e. The van der Waals surface area contributed by atoms with Crippen LogP contribution in [0.3, 0.4) is 0 Å². The maximum Gasteiger partial charge on any atom is 0.131 e. The highest BCUT2D eigenvalue weighted by Gasteiger charge is 2.42. The molecule has 0 bridgehead atoms. The second kappa shape index (κ2) is 5.93. The number of ether oxygens (including phenoxy) is 1. The molecule has 0 spiro atoms. The van der Waals surface area contributed by atoms with Crippen molar-refractivity contribution in [2.24, 2.45) is 5.92 Å². The summed E-state index contributed by atoms with van der Waals surface area (Å²) in [4.78, 5) is 2.27. The van der Waals surface area contributed by atoms with Crippen LogP contribution in [0.25, 0.3) is 0 Å². The lowest BCUT2D eigenvalue weighted by Crippen LogP contribution is -2.53. The van der Waals surface area contributed by atoms with E-state index in [2.05, 4.69) is 4.90 Å². The number of nitrogens with zero attached hydrogens (tertiary/aromatic N) is 1. The molecule has 1 aliphatic carbocycles. The molecule has 3 rings (SSSR count). The Morgan fingerprint density at radius 1 is 1.38 bits per heavy atom. The van der Waals surface area contributed by atoms with Crippen LogP contribution in [0, 0.1) is 11.7 Å². The van der Waals surface area contributed by atoms with Gasteiger partial charge in [-0.1, -0.05) is 18.9 Å². The zero-order valence-corrected chi connectivity index (χ0v) is 12.6. The molecular formula is C17H24FNO2. The minimum absolute atomic E-state index is 0.209. The Morgan fingerprint density at radius 3 is 3.00 bits per heavy atom. The molecule has 0 aromatic heterocycles. The van der Waals surface area contributed by atoms with Crippen molar-refractivity contribution in [3.05, 3.63) is 29.6 Å². The van der Waals surface area contributed by atoms with E-state index in [4.69, 9.17) is 4.74 Å². The predicted octanol–water partition coefficient (Wildman–Crippen LogP) is 2.96. The molecule has 4 heteroatoms. The van der Waals surface area contributed by atoms with Crippen molar-refractivity contribution in [3.8, 4) is 5.75 Å². The second-order valence-corrected chi connectivity index (χ2v) is 6.49. The van der Waals surface area contributed by atoms with Crippen LogP contribution in [0.2, 0.25) is 0 Å². The molecule has 1 saturated heterocycles. The van der Waals surface area contributed by atoms with Gasteiger partial charge in [-0.15, -0.1) is 0 Å². The van der Waals surface area contributed by atoms with Crippen LogP contribution in [0.5, 0.6) is 5.75 Å². The first-order valence-corrected chi connectivity index (χ1v) is 7.88. The summed E-state index contributed by atoms with van der Waals surface area (Å²) in [5.74, 6) is 0.691. The number of hydrogen-bond acceptors (Lipinski definition) is 3. The van der Waals surface area contributed by atoms with Gasteiger partial charge in [0.1, 0.15) is 11.6 Å². The summed E-state index contributed by atoms with van der Waals surface area (Å²) in [6.07, 6.45) is 5.19. The largest absolute Gasteiger partial charge is 0.497 e. The molecule has 2 aliphatic rings. The Morgan fingerprint density at radius 2 is 2.24 bits per heavy atom. The van der Waals surface area contributed by atoms with Crippen LogP contribution >= 0.6 is 0 Å².